The summed E-state index contributed by atoms with van der Waals surface area (Å²) in [4.78, 5) is 38.6. The smallest absolute Gasteiger partial charge is 0.330 e. The van der Waals surface area contributed by atoms with Crippen LogP contribution in [0.3, 0.4) is 0 Å². The number of nitrogens with one attached hydrogen (secondary N) is 1. The van der Waals surface area contributed by atoms with Gasteiger partial charge in [0.2, 0.25) is 0 Å². The van der Waals surface area contributed by atoms with E-state index in [4.69, 9.17) is 0 Å². The summed E-state index contributed by atoms with van der Waals surface area (Å²) in [6.45, 7) is 0. The van der Waals surface area contributed by atoms with E-state index in [-0.39, 0.29) is 5.56 Å². The molecule has 0 aliphatic heterocycles. The lowest BCUT2D eigenvalue weighted by Gasteiger charge is -2.18. The van der Waals surface area contributed by atoms with Crippen LogP contribution in [0.4, 0.5) is 0 Å². The minimum atomic E-state index is -1.32. The summed E-state index contributed by atoms with van der Waals surface area (Å²) < 4.78 is 1.10. The molecule has 0 aliphatic carbocycles. The van der Waals surface area contributed by atoms with Gasteiger partial charge in [-0.2, -0.15) is 5.10 Å². The van der Waals surface area contributed by atoms with Gasteiger partial charge < -0.3 is 10.4 Å². The minimum absolute atomic E-state index is 0.167. The fourth-order valence-corrected chi connectivity index (χ4v) is 3.66. The van der Waals surface area contributed by atoms with E-state index in [0.717, 1.165) is 10.2 Å². The lowest BCUT2D eigenvalue weighted by atomic mass is 9.94. The molecule has 0 spiro atoms. The molecule has 0 aliphatic rings. The summed E-state index contributed by atoms with van der Waals surface area (Å²) in [6, 6.07) is 25.2. The van der Waals surface area contributed by atoms with Crippen molar-refractivity contribution in [3.63, 3.8) is 0 Å². The molecule has 1 amide bonds. The Morgan fingerprint density at radius 3 is 1.91 bits per heavy atom. The van der Waals surface area contributed by atoms with E-state index in [1.807, 2.05) is 36.4 Å². The van der Waals surface area contributed by atoms with E-state index >= 15 is 0 Å². The summed E-state index contributed by atoms with van der Waals surface area (Å²) >= 11 is 0. The molecule has 4 aromatic rings. The van der Waals surface area contributed by atoms with Crippen molar-refractivity contribution >= 4 is 11.9 Å². The highest BCUT2D eigenvalue weighted by molar-refractivity contribution is 6.05. The van der Waals surface area contributed by atoms with Gasteiger partial charge in [0.05, 0.1) is 5.69 Å². The topological polar surface area (TPSA) is 101 Å². The van der Waals surface area contributed by atoms with Crippen molar-refractivity contribution in [2.75, 3.05) is 0 Å². The number of rotatable bonds is 6. The second-order valence-electron chi connectivity index (χ2n) is 7.41. The van der Waals surface area contributed by atoms with Crippen LogP contribution in [0.15, 0.2) is 95.8 Å². The summed E-state index contributed by atoms with van der Waals surface area (Å²) in [5.41, 5.74) is 1.74. The largest absolute Gasteiger partial charge is 0.479 e. The highest BCUT2D eigenvalue weighted by Crippen LogP contribution is 2.32. The minimum Gasteiger partial charge on any atom is -0.479 e. The second kappa shape index (κ2) is 9.32. The van der Waals surface area contributed by atoms with Gasteiger partial charge in [-0.15, -0.1) is 0 Å². The standard InChI is InChI=1S/C26H21N3O4/c1-29-25(31)21(24(30)27-23(26(32)33)19-15-9-4-10-16-19)20(17-11-5-2-6-12-17)22(28-29)18-13-7-3-8-14-18/h2-16,23H,1H3,(H,27,30)(H,32,33). The Morgan fingerprint density at radius 2 is 1.36 bits per heavy atom. The van der Waals surface area contributed by atoms with Crippen LogP contribution >= 0.6 is 0 Å². The van der Waals surface area contributed by atoms with Crippen molar-refractivity contribution in [2.24, 2.45) is 7.05 Å². The van der Waals surface area contributed by atoms with Gasteiger partial charge >= 0.3 is 5.97 Å². The van der Waals surface area contributed by atoms with E-state index in [1.165, 1.54) is 7.05 Å². The Labute approximate surface area is 190 Å². The van der Waals surface area contributed by atoms with Crippen molar-refractivity contribution in [1.82, 2.24) is 15.1 Å². The van der Waals surface area contributed by atoms with Crippen molar-refractivity contribution < 1.29 is 14.7 Å². The molecule has 0 radical (unpaired) electrons. The van der Waals surface area contributed by atoms with E-state index in [1.54, 1.807) is 54.6 Å². The Morgan fingerprint density at radius 1 is 0.848 bits per heavy atom. The number of benzene rings is 3. The fraction of sp³-hybridized carbons (Fsp3) is 0.0769. The number of hydrogen-bond donors (Lipinski definition) is 2. The molecule has 0 saturated carbocycles. The van der Waals surface area contributed by atoms with Crippen molar-refractivity contribution in [2.45, 2.75) is 6.04 Å². The Kier molecular flexibility index (Phi) is 6.13. The molecule has 7 nitrogen and oxygen atoms in total. The van der Waals surface area contributed by atoms with Crippen molar-refractivity contribution in [3.8, 4) is 22.4 Å². The molecular formula is C26H21N3O4. The molecule has 33 heavy (non-hydrogen) atoms. The van der Waals surface area contributed by atoms with Crippen LogP contribution in [0.2, 0.25) is 0 Å². The molecule has 0 saturated heterocycles. The normalized spacial score (nSPS) is 11.5. The molecule has 7 heteroatoms. The van der Waals surface area contributed by atoms with Gasteiger partial charge in [-0.25, -0.2) is 9.48 Å². The molecule has 1 heterocycles. The summed E-state index contributed by atoms with van der Waals surface area (Å²) in [5, 5.41) is 16.7. The predicted molar refractivity (Wildman–Crippen MR) is 125 cm³/mol. The average Bonchev–Trinajstić information content (AvgIpc) is 2.85. The van der Waals surface area contributed by atoms with E-state index < -0.39 is 23.5 Å². The van der Waals surface area contributed by atoms with Crippen LogP contribution in [0.1, 0.15) is 22.0 Å². The van der Waals surface area contributed by atoms with Crippen molar-refractivity contribution in [3.05, 3.63) is 112 Å². The Balaban J connectivity index is 1.92. The number of aromatic nitrogens is 2. The number of carboxylic acids is 1. The zero-order chi connectivity index (χ0) is 23.4. The zero-order valence-corrected chi connectivity index (χ0v) is 17.8. The second-order valence-corrected chi connectivity index (χ2v) is 7.41. The molecule has 4 rings (SSSR count). The molecule has 2 N–H and O–H groups in total. The third-order valence-electron chi connectivity index (χ3n) is 5.24. The van der Waals surface area contributed by atoms with Gasteiger partial charge in [0.1, 0.15) is 5.56 Å². The lowest BCUT2D eigenvalue weighted by Crippen LogP contribution is -2.39. The Bertz CT molecular complexity index is 1350. The molecule has 1 unspecified atom stereocenters. The first-order valence-electron chi connectivity index (χ1n) is 10.3. The third-order valence-corrected chi connectivity index (χ3v) is 5.24. The average molecular weight is 439 g/mol. The molecule has 3 aromatic carbocycles. The molecule has 164 valence electrons. The van der Waals surface area contributed by atoms with Gasteiger partial charge in [-0.1, -0.05) is 91.0 Å². The van der Waals surface area contributed by atoms with E-state index in [9.17, 15) is 19.5 Å². The van der Waals surface area contributed by atoms with Crippen LogP contribution in [-0.4, -0.2) is 26.8 Å². The van der Waals surface area contributed by atoms with Crippen LogP contribution in [0.5, 0.6) is 0 Å². The fourth-order valence-electron chi connectivity index (χ4n) is 3.66. The molecule has 1 aromatic heterocycles. The van der Waals surface area contributed by atoms with Crippen LogP contribution in [0.25, 0.3) is 22.4 Å². The number of carbonyl (C=O) groups excluding carboxylic acids is 1. The van der Waals surface area contributed by atoms with Crippen LogP contribution in [0, 0.1) is 0 Å². The number of aliphatic carboxylic acids is 1. The maximum Gasteiger partial charge on any atom is 0.330 e. The lowest BCUT2D eigenvalue weighted by molar-refractivity contribution is -0.139. The molecule has 0 fully saturated rings. The van der Waals surface area contributed by atoms with Gasteiger partial charge in [0.15, 0.2) is 6.04 Å². The first-order chi connectivity index (χ1) is 16.0. The molecular weight excluding hydrogens is 418 g/mol. The van der Waals surface area contributed by atoms with Crippen LogP contribution < -0.4 is 10.9 Å². The molecule has 0 bridgehead atoms. The van der Waals surface area contributed by atoms with Gasteiger partial charge in [0, 0.05) is 18.2 Å². The number of hydrogen-bond acceptors (Lipinski definition) is 4. The number of carbonyl (C=O) groups is 2. The quantitative estimate of drug-likeness (QED) is 0.477. The van der Waals surface area contributed by atoms with Gasteiger partial charge in [-0.05, 0) is 11.1 Å². The third kappa shape index (κ3) is 4.43. The van der Waals surface area contributed by atoms with E-state index in [2.05, 4.69) is 10.4 Å². The maximum atomic E-state index is 13.5. The summed E-state index contributed by atoms with van der Waals surface area (Å²) in [7, 11) is 1.46. The van der Waals surface area contributed by atoms with Crippen LogP contribution in [-0.2, 0) is 11.8 Å². The summed E-state index contributed by atoms with van der Waals surface area (Å²) in [5.74, 6) is -2.02. The van der Waals surface area contributed by atoms with Gasteiger partial charge in [-0.3, -0.25) is 9.59 Å². The zero-order valence-electron chi connectivity index (χ0n) is 17.8. The van der Waals surface area contributed by atoms with E-state index in [0.29, 0.717) is 22.4 Å². The molecule has 1 atom stereocenters. The first-order valence-corrected chi connectivity index (χ1v) is 10.3. The van der Waals surface area contributed by atoms with Crippen molar-refractivity contribution in [1.29, 1.82) is 0 Å². The Hall–Kier alpha value is -4.52. The number of carboxylic acid groups (broad SMARTS) is 1. The highest BCUT2D eigenvalue weighted by Gasteiger charge is 2.28. The summed E-state index contributed by atoms with van der Waals surface area (Å²) in [6.07, 6.45) is 0. The number of amides is 1. The predicted octanol–water partition coefficient (Wildman–Crippen LogP) is 3.67. The monoisotopic (exact) mass is 439 g/mol. The number of nitrogens with zero attached hydrogens (tertiary/aromatic N) is 2. The SMILES string of the molecule is Cn1nc(-c2ccccc2)c(-c2ccccc2)c(C(=O)NC(C(=O)O)c2ccccc2)c1=O. The first kappa shape index (κ1) is 21.7. The van der Waals surface area contributed by atoms with Gasteiger partial charge in [0.25, 0.3) is 11.5 Å². The number of aryl methyl sites for hydroxylation is 1. The highest BCUT2D eigenvalue weighted by atomic mass is 16.4. The maximum absolute atomic E-state index is 13.5.